The van der Waals surface area contributed by atoms with E-state index in [4.69, 9.17) is 11.6 Å². The van der Waals surface area contributed by atoms with Gasteiger partial charge in [0.1, 0.15) is 10.7 Å². The fourth-order valence-corrected chi connectivity index (χ4v) is 3.81. The molecule has 0 aliphatic carbocycles. The van der Waals surface area contributed by atoms with E-state index in [1.165, 1.54) is 11.3 Å². The predicted octanol–water partition coefficient (Wildman–Crippen LogP) is 5.10. The van der Waals surface area contributed by atoms with Crippen molar-refractivity contribution in [3.63, 3.8) is 0 Å². The van der Waals surface area contributed by atoms with Crippen LogP contribution in [0.25, 0.3) is 10.6 Å². The molecule has 1 amide bonds. The van der Waals surface area contributed by atoms with E-state index in [-0.39, 0.29) is 5.91 Å². The number of hydrogen-bond donors (Lipinski definition) is 0. The lowest BCUT2D eigenvalue weighted by molar-refractivity contribution is 0.0724. The minimum absolute atomic E-state index is 0.123. The zero-order valence-corrected chi connectivity index (χ0v) is 17.0. The average Bonchev–Trinajstić information content (AvgIpc) is 3.25. The maximum Gasteiger partial charge on any atom is 0.273 e. The molecular formula is C22H17ClN4OS. The number of hydrogen-bond acceptors (Lipinski definition) is 5. The number of amides is 1. The molecule has 0 saturated carbocycles. The highest BCUT2D eigenvalue weighted by molar-refractivity contribution is 7.13. The quantitative estimate of drug-likeness (QED) is 0.435. The molecule has 144 valence electrons. The van der Waals surface area contributed by atoms with Gasteiger partial charge >= 0.3 is 0 Å². The first-order chi connectivity index (χ1) is 14.2. The second kappa shape index (κ2) is 8.94. The van der Waals surface area contributed by atoms with E-state index in [9.17, 15) is 4.79 Å². The van der Waals surface area contributed by atoms with Crippen LogP contribution in [-0.2, 0) is 13.1 Å². The number of rotatable bonds is 6. The molecule has 0 bridgehead atoms. The third kappa shape index (κ3) is 4.85. The molecular weight excluding hydrogens is 404 g/mol. The molecule has 3 heterocycles. The summed E-state index contributed by atoms with van der Waals surface area (Å²) >= 11 is 7.41. The lowest BCUT2D eigenvalue weighted by atomic mass is 10.2. The summed E-state index contributed by atoms with van der Waals surface area (Å²) in [5.41, 5.74) is 3.33. The van der Waals surface area contributed by atoms with Gasteiger partial charge in [0, 0.05) is 53.8 Å². The first-order valence-corrected chi connectivity index (χ1v) is 10.2. The van der Waals surface area contributed by atoms with Gasteiger partial charge in [-0.15, -0.1) is 11.3 Å². The number of pyridine rings is 2. The Hall–Kier alpha value is -3.09. The summed E-state index contributed by atoms with van der Waals surface area (Å²) in [5, 5.41) is 3.26. The number of nitrogens with zero attached hydrogens (tertiary/aromatic N) is 4. The number of aromatic nitrogens is 3. The summed E-state index contributed by atoms with van der Waals surface area (Å²) in [6.07, 6.45) is 6.94. The van der Waals surface area contributed by atoms with Gasteiger partial charge in [0.05, 0.1) is 0 Å². The number of carbonyl (C=O) groups excluding carboxylic acids is 1. The molecule has 0 aliphatic heterocycles. The van der Waals surface area contributed by atoms with Gasteiger partial charge in [-0.1, -0.05) is 29.8 Å². The Morgan fingerprint density at radius 2 is 1.69 bits per heavy atom. The highest BCUT2D eigenvalue weighted by Gasteiger charge is 2.20. The maximum atomic E-state index is 13.3. The summed E-state index contributed by atoms with van der Waals surface area (Å²) in [5.74, 6) is -0.123. The molecule has 0 radical (unpaired) electrons. The fourth-order valence-electron chi connectivity index (χ4n) is 2.88. The number of thiazole rings is 1. The molecule has 0 fully saturated rings. The van der Waals surface area contributed by atoms with E-state index in [0.29, 0.717) is 23.8 Å². The monoisotopic (exact) mass is 420 g/mol. The third-order valence-corrected chi connectivity index (χ3v) is 5.46. The standard InChI is InChI=1S/C22H17ClN4OS/c23-19-5-3-18(4-6-19)21-26-20(15-29-21)22(28)27(13-16-7-10-24-11-8-16)14-17-2-1-9-25-12-17/h1-12,15H,13-14H2. The zero-order valence-electron chi connectivity index (χ0n) is 15.4. The van der Waals surface area contributed by atoms with Crippen molar-refractivity contribution < 1.29 is 4.79 Å². The minimum atomic E-state index is -0.123. The molecule has 1 aromatic carbocycles. The third-order valence-electron chi connectivity index (χ3n) is 4.32. The molecule has 5 nitrogen and oxygen atoms in total. The lowest BCUT2D eigenvalue weighted by Gasteiger charge is -2.22. The van der Waals surface area contributed by atoms with Gasteiger partial charge < -0.3 is 4.90 Å². The van der Waals surface area contributed by atoms with Crippen LogP contribution in [0.4, 0.5) is 0 Å². The topological polar surface area (TPSA) is 59.0 Å². The van der Waals surface area contributed by atoms with Gasteiger partial charge in [-0.05, 0) is 41.5 Å². The van der Waals surface area contributed by atoms with Crippen LogP contribution in [0.5, 0.6) is 0 Å². The fraction of sp³-hybridized carbons (Fsp3) is 0.0909. The molecule has 0 atom stereocenters. The second-order valence-corrected chi connectivity index (χ2v) is 7.72. The largest absolute Gasteiger partial charge is 0.329 e. The van der Waals surface area contributed by atoms with E-state index < -0.39 is 0 Å². The van der Waals surface area contributed by atoms with Crippen molar-refractivity contribution in [3.8, 4) is 10.6 Å². The highest BCUT2D eigenvalue weighted by Crippen LogP contribution is 2.26. The smallest absolute Gasteiger partial charge is 0.273 e. The molecule has 0 spiro atoms. The van der Waals surface area contributed by atoms with Crippen molar-refractivity contribution in [3.05, 3.63) is 101 Å². The van der Waals surface area contributed by atoms with Crippen molar-refractivity contribution in [2.75, 3.05) is 0 Å². The van der Waals surface area contributed by atoms with E-state index >= 15 is 0 Å². The molecule has 0 saturated heterocycles. The lowest BCUT2D eigenvalue weighted by Crippen LogP contribution is -2.30. The van der Waals surface area contributed by atoms with Crippen molar-refractivity contribution in [2.45, 2.75) is 13.1 Å². The van der Waals surface area contributed by atoms with Gasteiger partial charge in [-0.3, -0.25) is 14.8 Å². The summed E-state index contributed by atoms with van der Waals surface area (Å²) in [6, 6.07) is 15.1. The van der Waals surface area contributed by atoms with Crippen LogP contribution >= 0.6 is 22.9 Å². The Kier molecular flexibility index (Phi) is 5.93. The van der Waals surface area contributed by atoms with Gasteiger partial charge in [-0.2, -0.15) is 0 Å². The van der Waals surface area contributed by atoms with Gasteiger partial charge in [-0.25, -0.2) is 4.98 Å². The average molecular weight is 421 g/mol. The van der Waals surface area contributed by atoms with Crippen LogP contribution in [0.3, 0.4) is 0 Å². The first-order valence-electron chi connectivity index (χ1n) is 8.97. The van der Waals surface area contributed by atoms with E-state index in [0.717, 1.165) is 21.7 Å². The summed E-state index contributed by atoms with van der Waals surface area (Å²) in [6.45, 7) is 0.910. The highest BCUT2D eigenvalue weighted by atomic mass is 35.5. The minimum Gasteiger partial charge on any atom is -0.329 e. The Morgan fingerprint density at radius 1 is 0.931 bits per heavy atom. The summed E-state index contributed by atoms with van der Waals surface area (Å²) in [7, 11) is 0. The Morgan fingerprint density at radius 3 is 2.41 bits per heavy atom. The van der Waals surface area contributed by atoms with Crippen LogP contribution in [-0.4, -0.2) is 25.8 Å². The Bertz CT molecular complexity index is 1040. The normalized spacial score (nSPS) is 10.7. The SMILES string of the molecule is O=C(c1csc(-c2ccc(Cl)cc2)n1)N(Cc1ccncc1)Cc1cccnc1. The Labute approximate surface area is 177 Å². The molecule has 7 heteroatoms. The molecule has 4 rings (SSSR count). The zero-order chi connectivity index (χ0) is 20.1. The predicted molar refractivity (Wildman–Crippen MR) is 115 cm³/mol. The number of carbonyl (C=O) groups is 1. The van der Waals surface area contributed by atoms with Crippen LogP contribution < -0.4 is 0 Å². The summed E-state index contributed by atoms with van der Waals surface area (Å²) < 4.78 is 0. The number of benzene rings is 1. The Balaban J connectivity index is 1.59. The van der Waals surface area contributed by atoms with Crippen molar-refractivity contribution in [1.29, 1.82) is 0 Å². The van der Waals surface area contributed by atoms with Crippen molar-refractivity contribution in [1.82, 2.24) is 19.9 Å². The van der Waals surface area contributed by atoms with Gasteiger partial charge in [0.2, 0.25) is 0 Å². The van der Waals surface area contributed by atoms with E-state index in [1.807, 2.05) is 48.5 Å². The van der Waals surface area contributed by atoms with Crippen molar-refractivity contribution >= 4 is 28.8 Å². The van der Waals surface area contributed by atoms with Crippen LogP contribution in [0, 0.1) is 0 Å². The molecule has 0 unspecified atom stereocenters. The van der Waals surface area contributed by atoms with Crippen molar-refractivity contribution in [2.24, 2.45) is 0 Å². The summed E-state index contributed by atoms with van der Waals surface area (Å²) in [4.78, 5) is 27.8. The molecule has 0 aliphatic rings. The molecule has 0 N–H and O–H groups in total. The molecule has 29 heavy (non-hydrogen) atoms. The first kappa shape index (κ1) is 19.2. The van der Waals surface area contributed by atoms with E-state index in [1.54, 1.807) is 35.1 Å². The molecule has 4 aromatic rings. The van der Waals surface area contributed by atoms with Crippen LogP contribution in [0.2, 0.25) is 5.02 Å². The van der Waals surface area contributed by atoms with Crippen LogP contribution in [0.1, 0.15) is 21.6 Å². The number of halogens is 1. The van der Waals surface area contributed by atoms with Crippen LogP contribution in [0.15, 0.2) is 78.7 Å². The van der Waals surface area contributed by atoms with E-state index in [2.05, 4.69) is 15.0 Å². The van der Waals surface area contributed by atoms with Gasteiger partial charge in [0.15, 0.2) is 0 Å². The van der Waals surface area contributed by atoms with Gasteiger partial charge in [0.25, 0.3) is 5.91 Å². The second-order valence-electron chi connectivity index (χ2n) is 6.42. The maximum absolute atomic E-state index is 13.3. The molecule has 3 aromatic heterocycles.